The Balaban J connectivity index is 2.69. The molecule has 0 aliphatic heterocycles. The summed E-state index contributed by atoms with van der Waals surface area (Å²) in [6, 6.07) is 3.27. The largest absolute Gasteiger partial charge is 0.319 e. The molecular formula is C12H15F2NO. The van der Waals surface area contributed by atoms with Gasteiger partial charge in [0.15, 0.2) is 0 Å². The molecule has 0 heterocycles. The van der Waals surface area contributed by atoms with Gasteiger partial charge in [-0.05, 0) is 18.7 Å². The minimum absolute atomic E-state index is 0.00889. The number of carbonyl (C=O) groups is 1. The van der Waals surface area contributed by atoms with Crippen LogP contribution in [0.4, 0.5) is 8.78 Å². The van der Waals surface area contributed by atoms with Gasteiger partial charge in [-0.1, -0.05) is 13.0 Å². The van der Waals surface area contributed by atoms with Crippen molar-refractivity contribution in [1.29, 1.82) is 0 Å². The highest BCUT2D eigenvalue weighted by Crippen LogP contribution is 2.12. The van der Waals surface area contributed by atoms with Gasteiger partial charge in [0.25, 0.3) is 0 Å². The topological polar surface area (TPSA) is 29.1 Å². The highest BCUT2D eigenvalue weighted by molar-refractivity contribution is 5.83. The van der Waals surface area contributed by atoms with Gasteiger partial charge in [-0.3, -0.25) is 4.79 Å². The first-order chi connectivity index (χ1) is 7.54. The van der Waals surface area contributed by atoms with E-state index < -0.39 is 11.6 Å². The van der Waals surface area contributed by atoms with Crippen molar-refractivity contribution in [3.63, 3.8) is 0 Å². The van der Waals surface area contributed by atoms with E-state index in [2.05, 4.69) is 5.32 Å². The van der Waals surface area contributed by atoms with Gasteiger partial charge in [-0.15, -0.1) is 0 Å². The van der Waals surface area contributed by atoms with E-state index >= 15 is 0 Å². The Morgan fingerprint density at radius 2 is 2.12 bits per heavy atom. The molecule has 1 rings (SSSR count). The molecular weight excluding hydrogens is 212 g/mol. The summed E-state index contributed by atoms with van der Waals surface area (Å²) >= 11 is 0. The molecule has 0 fully saturated rings. The van der Waals surface area contributed by atoms with Gasteiger partial charge in [-0.2, -0.15) is 0 Å². The van der Waals surface area contributed by atoms with Gasteiger partial charge in [0.05, 0.1) is 0 Å². The third-order valence-electron chi connectivity index (χ3n) is 2.44. The van der Waals surface area contributed by atoms with E-state index in [1.165, 1.54) is 6.07 Å². The number of hydrogen-bond donors (Lipinski definition) is 1. The van der Waals surface area contributed by atoms with Crippen LogP contribution in [0.15, 0.2) is 18.2 Å². The predicted octanol–water partition coefficient (Wildman–Crippen LogP) is 1.93. The van der Waals surface area contributed by atoms with E-state index in [0.717, 1.165) is 12.1 Å². The van der Waals surface area contributed by atoms with Gasteiger partial charge in [0.1, 0.15) is 17.4 Å². The number of halogens is 2. The minimum atomic E-state index is -0.662. The summed E-state index contributed by atoms with van der Waals surface area (Å²) in [7, 11) is 1.75. The summed E-state index contributed by atoms with van der Waals surface area (Å²) in [5.74, 6) is -1.52. The number of nitrogens with one attached hydrogen (secondary N) is 1. The molecule has 0 saturated carbocycles. The fraction of sp³-hybridized carbons (Fsp3) is 0.417. The average molecular weight is 227 g/mol. The number of carbonyl (C=O) groups excluding carboxylic acids is 1. The maximum absolute atomic E-state index is 13.3. The van der Waals surface area contributed by atoms with E-state index in [9.17, 15) is 13.6 Å². The Morgan fingerprint density at radius 1 is 1.44 bits per heavy atom. The summed E-state index contributed by atoms with van der Waals surface area (Å²) in [5.41, 5.74) is 0.245. The molecule has 1 unspecified atom stereocenters. The molecule has 16 heavy (non-hydrogen) atoms. The van der Waals surface area contributed by atoms with Crippen LogP contribution in [-0.2, 0) is 11.2 Å². The number of Topliss-reactive ketones (excluding diaryl/α,β-unsaturated/α-hetero) is 1. The van der Waals surface area contributed by atoms with E-state index in [1.807, 2.05) is 0 Å². The van der Waals surface area contributed by atoms with Crippen LogP contribution in [0.25, 0.3) is 0 Å². The van der Waals surface area contributed by atoms with E-state index in [-0.39, 0.29) is 23.7 Å². The van der Waals surface area contributed by atoms with E-state index in [4.69, 9.17) is 0 Å². The number of ketones is 1. The van der Waals surface area contributed by atoms with E-state index in [0.29, 0.717) is 6.54 Å². The second kappa shape index (κ2) is 5.70. The average Bonchev–Trinajstić information content (AvgIpc) is 2.22. The second-order valence-corrected chi connectivity index (χ2v) is 3.84. The molecule has 1 N–H and O–H groups in total. The molecule has 0 bridgehead atoms. The summed E-state index contributed by atoms with van der Waals surface area (Å²) in [4.78, 5) is 11.6. The van der Waals surface area contributed by atoms with Gasteiger partial charge >= 0.3 is 0 Å². The first-order valence-electron chi connectivity index (χ1n) is 5.16. The van der Waals surface area contributed by atoms with Crippen LogP contribution in [-0.4, -0.2) is 19.4 Å². The van der Waals surface area contributed by atoms with Crippen molar-refractivity contribution in [2.75, 3.05) is 13.6 Å². The molecule has 88 valence electrons. The number of rotatable bonds is 5. The first-order valence-corrected chi connectivity index (χ1v) is 5.16. The summed E-state index contributed by atoms with van der Waals surface area (Å²) in [5, 5.41) is 2.88. The molecule has 2 nitrogen and oxygen atoms in total. The predicted molar refractivity (Wildman–Crippen MR) is 58.2 cm³/mol. The van der Waals surface area contributed by atoms with Crippen LogP contribution in [0.1, 0.15) is 12.5 Å². The number of benzene rings is 1. The van der Waals surface area contributed by atoms with Gasteiger partial charge in [0, 0.05) is 24.9 Å². The Kier molecular flexibility index (Phi) is 4.55. The van der Waals surface area contributed by atoms with Crippen LogP contribution in [0, 0.1) is 17.6 Å². The molecule has 0 amide bonds. The molecule has 0 aliphatic rings. The highest BCUT2D eigenvalue weighted by Gasteiger charge is 2.14. The third kappa shape index (κ3) is 3.38. The Hall–Kier alpha value is -1.29. The van der Waals surface area contributed by atoms with Crippen LogP contribution >= 0.6 is 0 Å². The van der Waals surface area contributed by atoms with Crippen molar-refractivity contribution in [3.05, 3.63) is 35.4 Å². The monoisotopic (exact) mass is 227 g/mol. The van der Waals surface area contributed by atoms with Crippen LogP contribution in [0.5, 0.6) is 0 Å². The lowest BCUT2D eigenvalue weighted by Gasteiger charge is -2.09. The Morgan fingerprint density at radius 3 is 2.69 bits per heavy atom. The SMILES string of the molecule is CNCC(C)C(=O)Cc1ccc(F)cc1F. The van der Waals surface area contributed by atoms with Crippen LogP contribution in [0.2, 0.25) is 0 Å². The molecule has 1 atom stereocenters. The fourth-order valence-electron chi connectivity index (χ4n) is 1.45. The lowest BCUT2D eigenvalue weighted by Crippen LogP contribution is -2.25. The summed E-state index contributed by atoms with van der Waals surface area (Å²) < 4.78 is 25.9. The maximum Gasteiger partial charge on any atom is 0.141 e. The van der Waals surface area contributed by atoms with Crippen molar-refractivity contribution in [1.82, 2.24) is 5.32 Å². The Bertz CT molecular complexity index is 379. The lowest BCUT2D eigenvalue weighted by atomic mass is 9.99. The fourth-order valence-corrected chi connectivity index (χ4v) is 1.45. The third-order valence-corrected chi connectivity index (χ3v) is 2.44. The van der Waals surface area contributed by atoms with Gasteiger partial charge in [-0.25, -0.2) is 8.78 Å². The van der Waals surface area contributed by atoms with Crippen molar-refractivity contribution in [2.24, 2.45) is 5.92 Å². The molecule has 0 aliphatic carbocycles. The second-order valence-electron chi connectivity index (χ2n) is 3.84. The van der Waals surface area contributed by atoms with Gasteiger partial charge in [0.2, 0.25) is 0 Å². The van der Waals surface area contributed by atoms with Crippen molar-refractivity contribution < 1.29 is 13.6 Å². The van der Waals surface area contributed by atoms with Gasteiger partial charge < -0.3 is 5.32 Å². The van der Waals surface area contributed by atoms with Crippen molar-refractivity contribution in [2.45, 2.75) is 13.3 Å². The quantitative estimate of drug-likeness (QED) is 0.832. The zero-order chi connectivity index (χ0) is 12.1. The molecule has 0 radical (unpaired) electrons. The molecule has 4 heteroatoms. The molecule has 0 spiro atoms. The summed E-state index contributed by atoms with van der Waals surface area (Å²) in [6.45, 7) is 2.34. The Labute approximate surface area is 93.7 Å². The highest BCUT2D eigenvalue weighted by atomic mass is 19.1. The normalized spacial score (nSPS) is 12.5. The molecule has 0 saturated heterocycles. The van der Waals surface area contributed by atoms with E-state index in [1.54, 1.807) is 14.0 Å². The lowest BCUT2D eigenvalue weighted by molar-refractivity contribution is -0.121. The zero-order valence-electron chi connectivity index (χ0n) is 9.39. The van der Waals surface area contributed by atoms with Crippen molar-refractivity contribution >= 4 is 5.78 Å². The maximum atomic E-state index is 13.3. The molecule has 0 aromatic heterocycles. The smallest absolute Gasteiger partial charge is 0.141 e. The molecule has 1 aromatic rings. The zero-order valence-corrected chi connectivity index (χ0v) is 9.39. The molecule has 1 aromatic carbocycles. The first kappa shape index (κ1) is 12.8. The van der Waals surface area contributed by atoms with Crippen LogP contribution < -0.4 is 5.32 Å². The van der Waals surface area contributed by atoms with Crippen molar-refractivity contribution in [3.8, 4) is 0 Å². The standard InChI is InChI=1S/C12H15F2NO/c1-8(7-15-2)12(16)5-9-3-4-10(13)6-11(9)14/h3-4,6,8,15H,5,7H2,1-2H3. The van der Waals surface area contributed by atoms with Crippen LogP contribution in [0.3, 0.4) is 0 Å². The summed E-state index contributed by atoms with van der Waals surface area (Å²) in [6.07, 6.45) is 0.00889. The number of hydrogen-bond acceptors (Lipinski definition) is 2. The minimum Gasteiger partial charge on any atom is -0.319 e.